The minimum absolute atomic E-state index is 0.161. The molecule has 3 aromatic rings. The second-order valence-corrected chi connectivity index (χ2v) is 7.39. The Bertz CT molecular complexity index is 1050. The molecule has 0 saturated carbocycles. The van der Waals surface area contributed by atoms with Gasteiger partial charge >= 0.3 is 6.01 Å². The molecule has 0 radical (unpaired) electrons. The molecule has 3 heterocycles. The van der Waals surface area contributed by atoms with Crippen LogP contribution in [-0.2, 0) is 4.74 Å². The second-order valence-electron chi connectivity index (χ2n) is 7.39. The van der Waals surface area contributed by atoms with E-state index < -0.39 is 0 Å². The van der Waals surface area contributed by atoms with Crippen LogP contribution in [0.5, 0.6) is 11.8 Å². The molecule has 0 amide bonds. The number of aromatic hydroxyl groups is 1. The van der Waals surface area contributed by atoms with Gasteiger partial charge in [0.05, 0.1) is 25.1 Å². The molecule has 0 unspecified atom stereocenters. The Labute approximate surface area is 186 Å². The van der Waals surface area contributed by atoms with Gasteiger partial charge in [0.1, 0.15) is 12.4 Å². The number of rotatable bonds is 8. The van der Waals surface area contributed by atoms with Crippen molar-refractivity contribution in [1.82, 2.24) is 19.9 Å². The molecular formula is C23H26N6O3. The van der Waals surface area contributed by atoms with Gasteiger partial charge in [0.15, 0.2) is 5.82 Å². The van der Waals surface area contributed by atoms with E-state index in [0.717, 1.165) is 44.0 Å². The summed E-state index contributed by atoms with van der Waals surface area (Å²) in [4.78, 5) is 15.3. The van der Waals surface area contributed by atoms with Crippen LogP contribution in [-0.4, -0.2) is 70.6 Å². The number of hydrogen-bond donors (Lipinski definition) is 2. The highest BCUT2D eigenvalue weighted by Gasteiger charge is 2.12. The molecule has 4 rings (SSSR count). The number of anilines is 1. The number of ether oxygens (including phenoxy) is 2. The minimum atomic E-state index is 0.161. The van der Waals surface area contributed by atoms with E-state index >= 15 is 0 Å². The van der Waals surface area contributed by atoms with Gasteiger partial charge in [-0.3, -0.25) is 15.3 Å². The first-order chi connectivity index (χ1) is 15.7. The lowest BCUT2D eigenvalue weighted by atomic mass is 10.1. The number of aromatic nitrogens is 3. The zero-order valence-electron chi connectivity index (χ0n) is 17.9. The molecule has 0 aliphatic carbocycles. The standard InChI is InChI=1S/C23H26N6O3/c1-17-2-3-21(30)19(14-17)16-25-28-22-15-20(18-4-6-24-7-5-18)26-23(27-22)32-13-10-29-8-11-31-12-9-29/h2-7,14-16,30H,8-13H2,1H3,(H,26,27,28)/b25-16+. The molecule has 9 nitrogen and oxygen atoms in total. The highest BCUT2D eigenvalue weighted by Crippen LogP contribution is 2.22. The highest BCUT2D eigenvalue weighted by molar-refractivity contribution is 5.84. The summed E-state index contributed by atoms with van der Waals surface area (Å²) in [6, 6.07) is 11.1. The average Bonchev–Trinajstić information content (AvgIpc) is 2.82. The number of hydrazone groups is 1. The first-order valence-electron chi connectivity index (χ1n) is 10.5. The summed E-state index contributed by atoms with van der Waals surface area (Å²) < 4.78 is 11.2. The smallest absolute Gasteiger partial charge is 0.319 e. The maximum Gasteiger partial charge on any atom is 0.319 e. The van der Waals surface area contributed by atoms with Gasteiger partial charge in [0, 0.05) is 49.2 Å². The predicted molar refractivity (Wildman–Crippen MR) is 122 cm³/mol. The topological polar surface area (TPSA) is 105 Å². The van der Waals surface area contributed by atoms with Gasteiger partial charge in [0.2, 0.25) is 0 Å². The third-order valence-electron chi connectivity index (χ3n) is 4.99. The maximum absolute atomic E-state index is 9.99. The van der Waals surface area contributed by atoms with Crippen LogP contribution in [0.2, 0.25) is 0 Å². The zero-order chi connectivity index (χ0) is 22.2. The Morgan fingerprint density at radius 2 is 1.97 bits per heavy atom. The molecule has 2 aromatic heterocycles. The average molecular weight is 435 g/mol. The van der Waals surface area contributed by atoms with Crippen LogP contribution in [0.4, 0.5) is 5.82 Å². The molecule has 32 heavy (non-hydrogen) atoms. The number of pyridine rings is 1. The molecule has 2 N–H and O–H groups in total. The summed E-state index contributed by atoms with van der Waals surface area (Å²) in [5.74, 6) is 0.644. The van der Waals surface area contributed by atoms with E-state index in [4.69, 9.17) is 9.47 Å². The molecule has 166 valence electrons. The van der Waals surface area contributed by atoms with E-state index in [1.807, 2.05) is 31.2 Å². The fourth-order valence-electron chi connectivity index (χ4n) is 3.25. The lowest BCUT2D eigenvalue weighted by molar-refractivity contribution is 0.0317. The van der Waals surface area contributed by atoms with Crippen LogP contribution in [0.3, 0.4) is 0 Å². The van der Waals surface area contributed by atoms with E-state index in [9.17, 15) is 5.11 Å². The van der Waals surface area contributed by atoms with Gasteiger partial charge in [0.25, 0.3) is 0 Å². The number of aryl methyl sites for hydroxylation is 1. The van der Waals surface area contributed by atoms with Crippen molar-refractivity contribution in [2.24, 2.45) is 5.10 Å². The summed E-state index contributed by atoms with van der Waals surface area (Å²) in [6.07, 6.45) is 4.97. The Hall–Kier alpha value is -3.56. The van der Waals surface area contributed by atoms with Crippen molar-refractivity contribution in [3.05, 3.63) is 59.9 Å². The van der Waals surface area contributed by atoms with Crippen molar-refractivity contribution in [2.75, 3.05) is 44.9 Å². The minimum Gasteiger partial charge on any atom is -0.507 e. The van der Waals surface area contributed by atoms with Crippen molar-refractivity contribution in [2.45, 2.75) is 6.92 Å². The number of morpholine rings is 1. The van der Waals surface area contributed by atoms with Gasteiger partial charge in [-0.15, -0.1) is 0 Å². The molecule has 9 heteroatoms. The van der Waals surface area contributed by atoms with Gasteiger partial charge in [-0.1, -0.05) is 11.6 Å². The molecule has 1 fully saturated rings. The Kier molecular flexibility index (Phi) is 7.21. The molecule has 1 aliphatic rings. The summed E-state index contributed by atoms with van der Waals surface area (Å²) in [5.41, 5.74) is 6.15. The lowest BCUT2D eigenvalue weighted by Gasteiger charge is -2.26. The normalized spacial score (nSPS) is 14.5. The van der Waals surface area contributed by atoms with Crippen LogP contribution in [0.1, 0.15) is 11.1 Å². The van der Waals surface area contributed by atoms with Crippen LogP contribution < -0.4 is 10.2 Å². The maximum atomic E-state index is 9.99. The van der Waals surface area contributed by atoms with Crippen molar-refractivity contribution < 1.29 is 14.6 Å². The second kappa shape index (κ2) is 10.7. The van der Waals surface area contributed by atoms with Crippen molar-refractivity contribution >= 4 is 12.0 Å². The fourth-order valence-corrected chi connectivity index (χ4v) is 3.25. The SMILES string of the molecule is Cc1ccc(O)c(/C=N/Nc2cc(-c3ccncc3)nc(OCCN3CCOCC3)n2)c1. The Morgan fingerprint density at radius 1 is 1.16 bits per heavy atom. The third-order valence-corrected chi connectivity index (χ3v) is 4.99. The number of phenols is 1. The summed E-state index contributed by atoms with van der Waals surface area (Å²) in [7, 11) is 0. The van der Waals surface area contributed by atoms with E-state index in [-0.39, 0.29) is 11.8 Å². The van der Waals surface area contributed by atoms with Gasteiger partial charge in [-0.25, -0.2) is 0 Å². The van der Waals surface area contributed by atoms with Gasteiger partial charge < -0.3 is 14.6 Å². The molecule has 0 bridgehead atoms. The van der Waals surface area contributed by atoms with E-state index in [1.165, 1.54) is 0 Å². The predicted octanol–water partition coefficient (Wildman–Crippen LogP) is 2.71. The van der Waals surface area contributed by atoms with E-state index in [2.05, 4.69) is 30.4 Å². The van der Waals surface area contributed by atoms with Crippen molar-refractivity contribution in [1.29, 1.82) is 0 Å². The molecule has 1 aliphatic heterocycles. The number of nitrogens with one attached hydrogen (secondary N) is 1. The summed E-state index contributed by atoms with van der Waals surface area (Å²) in [6.45, 7) is 6.49. The Morgan fingerprint density at radius 3 is 2.78 bits per heavy atom. The quantitative estimate of drug-likeness (QED) is 0.412. The van der Waals surface area contributed by atoms with Crippen LogP contribution in [0, 0.1) is 6.92 Å². The molecule has 0 spiro atoms. The third kappa shape index (κ3) is 5.99. The number of benzene rings is 1. The van der Waals surface area contributed by atoms with Crippen molar-refractivity contribution in [3.63, 3.8) is 0 Å². The summed E-state index contributed by atoms with van der Waals surface area (Å²) in [5, 5.41) is 14.2. The van der Waals surface area contributed by atoms with Gasteiger partial charge in [-0.05, 0) is 31.2 Å². The lowest BCUT2D eigenvalue weighted by Crippen LogP contribution is -2.38. The number of phenolic OH excluding ortho intramolecular Hbond substituents is 1. The zero-order valence-corrected chi connectivity index (χ0v) is 17.9. The fraction of sp³-hybridized carbons (Fsp3) is 0.304. The van der Waals surface area contributed by atoms with Crippen LogP contribution in [0.15, 0.2) is 53.9 Å². The molecule has 0 atom stereocenters. The van der Waals surface area contributed by atoms with E-state index in [1.54, 1.807) is 30.7 Å². The van der Waals surface area contributed by atoms with Crippen LogP contribution in [0.25, 0.3) is 11.3 Å². The number of hydrogen-bond acceptors (Lipinski definition) is 9. The largest absolute Gasteiger partial charge is 0.507 e. The highest BCUT2D eigenvalue weighted by atomic mass is 16.5. The monoisotopic (exact) mass is 434 g/mol. The molecule has 1 aromatic carbocycles. The number of nitrogens with zero attached hydrogens (tertiary/aromatic N) is 5. The van der Waals surface area contributed by atoms with Crippen molar-refractivity contribution in [3.8, 4) is 23.0 Å². The molecular weight excluding hydrogens is 408 g/mol. The van der Waals surface area contributed by atoms with Crippen LogP contribution >= 0.6 is 0 Å². The first kappa shape index (κ1) is 21.7. The van der Waals surface area contributed by atoms with E-state index in [0.29, 0.717) is 23.7 Å². The first-order valence-corrected chi connectivity index (χ1v) is 10.5. The van der Waals surface area contributed by atoms with Gasteiger partial charge in [-0.2, -0.15) is 15.1 Å². The molecule has 1 saturated heterocycles. The summed E-state index contributed by atoms with van der Waals surface area (Å²) >= 11 is 0. The Balaban J connectivity index is 1.49.